The van der Waals surface area contributed by atoms with Crippen molar-refractivity contribution in [3.8, 4) is 0 Å². The van der Waals surface area contributed by atoms with E-state index in [1.54, 1.807) is 0 Å². The zero-order valence-corrected chi connectivity index (χ0v) is 8.39. The lowest BCUT2D eigenvalue weighted by molar-refractivity contribution is -0.135. The molecule has 2 rings (SSSR count). The van der Waals surface area contributed by atoms with Crippen molar-refractivity contribution in [3.63, 3.8) is 0 Å². The van der Waals surface area contributed by atoms with E-state index in [2.05, 4.69) is 10.8 Å². The Morgan fingerprint density at radius 3 is 2.92 bits per heavy atom. The molecule has 2 fully saturated rings. The number of nitrogens with one attached hydrogen (secondary N) is 2. The number of amides is 1. The molecule has 1 heterocycles. The van der Waals surface area contributed by atoms with Gasteiger partial charge < -0.3 is 5.32 Å². The molecule has 76 valence electrons. The summed E-state index contributed by atoms with van der Waals surface area (Å²) in [6.45, 7) is 2.37. The van der Waals surface area contributed by atoms with E-state index in [1.807, 2.05) is 6.92 Å². The molecule has 0 aromatic carbocycles. The lowest BCUT2D eigenvalue weighted by atomic mass is 10.2. The molecule has 1 aliphatic carbocycles. The second-order valence-electron chi connectivity index (χ2n) is 3.46. The first-order chi connectivity index (χ1) is 5.81. The van der Waals surface area contributed by atoms with E-state index in [-0.39, 0.29) is 24.4 Å². The fraction of sp³-hybridized carbons (Fsp3) is 0.875. The molecule has 0 radical (unpaired) electrons. The van der Waals surface area contributed by atoms with E-state index >= 15 is 0 Å². The maximum Gasteiger partial charge on any atom is 0.260 e. The predicted octanol–water partition coefficient (Wildman–Crippen LogP) is 0.226. The summed E-state index contributed by atoms with van der Waals surface area (Å²) >= 11 is 0. The maximum atomic E-state index is 11.3. The number of fused-ring (bicyclic) bond motifs is 1. The number of hydroxylamine groups is 1. The van der Waals surface area contributed by atoms with Crippen molar-refractivity contribution >= 4 is 18.3 Å². The number of carbonyl (C=O) groups is 1. The van der Waals surface area contributed by atoms with Crippen LogP contribution in [0.25, 0.3) is 0 Å². The largest absolute Gasteiger partial charge is 0.303 e. The van der Waals surface area contributed by atoms with E-state index in [0.717, 1.165) is 12.3 Å². The van der Waals surface area contributed by atoms with Gasteiger partial charge in [-0.2, -0.15) is 0 Å². The molecule has 1 saturated heterocycles. The molecular weight excluding hydrogens is 192 g/mol. The zero-order chi connectivity index (χ0) is 8.55. The standard InChI is InChI=1S/C8H14N2O2.ClH/c1-2-12-10-8(11)7-4-5-3-6(5)9-7;/h5-7,9H,2-4H2,1H3,(H,10,11);1H/t5-,6-,7+;/m1./s1. The normalized spacial score (nSPS) is 34.7. The number of rotatable bonds is 3. The number of hydrogen-bond donors (Lipinski definition) is 2. The predicted molar refractivity (Wildman–Crippen MR) is 50.5 cm³/mol. The van der Waals surface area contributed by atoms with Gasteiger partial charge in [0.2, 0.25) is 0 Å². The third kappa shape index (κ3) is 2.33. The summed E-state index contributed by atoms with van der Waals surface area (Å²) in [5.41, 5.74) is 2.41. The molecule has 1 amide bonds. The Morgan fingerprint density at radius 1 is 1.62 bits per heavy atom. The Hall–Kier alpha value is -0.320. The summed E-state index contributed by atoms with van der Waals surface area (Å²) in [5, 5.41) is 3.24. The molecule has 1 saturated carbocycles. The minimum atomic E-state index is -0.0240. The second-order valence-corrected chi connectivity index (χ2v) is 3.46. The van der Waals surface area contributed by atoms with Crippen LogP contribution < -0.4 is 10.8 Å². The van der Waals surface area contributed by atoms with E-state index in [1.165, 1.54) is 6.42 Å². The highest BCUT2D eigenvalue weighted by molar-refractivity contribution is 5.85. The topological polar surface area (TPSA) is 50.4 Å². The van der Waals surface area contributed by atoms with Crippen molar-refractivity contribution in [2.24, 2.45) is 5.92 Å². The molecule has 1 aliphatic heterocycles. The third-order valence-corrected chi connectivity index (χ3v) is 2.51. The van der Waals surface area contributed by atoms with Gasteiger partial charge in [-0.1, -0.05) is 0 Å². The van der Waals surface area contributed by atoms with Gasteiger partial charge in [-0.25, -0.2) is 5.48 Å². The SMILES string of the molecule is CCONC(=O)[C@@H]1C[C@H]2C[C@H]2N1.Cl. The smallest absolute Gasteiger partial charge is 0.260 e. The fourth-order valence-electron chi connectivity index (χ4n) is 1.74. The van der Waals surface area contributed by atoms with Gasteiger partial charge >= 0.3 is 0 Å². The molecule has 2 aliphatic rings. The van der Waals surface area contributed by atoms with Gasteiger partial charge in [0.1, 0.15) is 0 Å². The molecule has 5 heteroatoms. The molecule has 3 atom stereocenters. The molecule has 2 N–H and O–H groups in total. The summed E-state index contributed by atoms with van der Waals surface area (Å²) in [6, 6.07) is 0.600. The van der Waals surface area contributed by atoms with Crippen molar-refractivity contribution in [3.05, 3.63) is 0 Å². The Labute approximate surface area is 83.8 Å². The van der Waals surface area contributed by atoms with Gasteiger partial charge in [-0.05, 0) is 25.7 Å². The molecule has 0 spiro atoms. The van der Waals surface area contributed by atoms with Crippen molar-refractivity contribution in [1.29, 1.82) is 0 Å². The molecule has 0 unspecified atom stereocenters. The quantitative estimate of drug-likeness (QED) is 0.650. The summed E-state index contributed by atoms with van der Waals surface area (Å²) < 4.78 is 0. The van der Waals surface area contributed by atoms with Crippen LogP contribution in [0.5, 0.6) is 0 Å². The first-order valence-electron chi connectivity index (χ1n) is 4.49. The van der Waals surface area contributed by atoms with Crippen LogP contribution in [-0.2, 0) is 9.63 Å². The van der Waals surface area contributed by atoms with Crippen LogP contribution in [0.1, 0.15) is 19.8 Å². The maximum absolute atomic E-state index is 11.3. The number of carbonyl (C=O) groups excluding carboxylic acids is 1. The van der Waals surface area contributed by atoms with Crippen LogP contribution in [0.15, 0.2) is 0 Å². The molecule has 4 nitrogen and oxygen atoms in total. The van der Waals surface area contributed by atoms with Crippen LogP contribution in [0.4, 0.5) is 0 Å². The highest BCUT2D eigenvalue weighted by Gasteiger charge is 2.47. The molecular formula is C8H15ClN2O2. The van der Waals surface area contributed by atoms with Crippen molar-refractivity contribution in [2.75, 3.05) is 6.61 Å². The second kappa shape index (κ2) is 4.26. The van der Waals surface area contributed by atoms with Gasteiger partial charge in [0.05, 0.1) is 12.6 Å². The minimum absolute atomic E-state index is 0. The van der Waals surface area contributed by atoms with Crippen LogP contribution in [0.2, 0.25) is 0 Å². The zero-order valence-electron chi connectivity index (χ0n) is 7.58. The van der Waals surface area contributed by atoms with E-state index in [4.69, 9.17) is 4.84 Å². The first kappa shape index (κ1) is 10.8. The van der Waals surface area contributed by atoms with Crippen LogP contribution in [0, 0.1) is 5.92 Å². The number of piperidine rings is 1. The summed E-state index contributed by atoms with van der Waals surface area (Å²) in [6.07, 6.45) is 2.22. The first-order valence-corrected chi connectivity index (χ1v) is 4.49. The average molecular weight is 207 g/mol. The molecule has 13 heavy (non-hydrogen) atoms. The van der Waals surface area contributed by atoms with Gasteiger partial charge in [-0.15, -0.1) is 12.4 Å². The molecule has 0 bridgehead atoms. The van der Waals surface area contributed by atoms with Gasteiger partial charge in [0.15, 0.2) is 0 Å². The van der Waals surface area contributed by atoms with E-state index < -0.39 is 0 Å². The summed E-state index contributed by atoms with van der Waals surface area (Å²) in [5.74, 6) is 0.728. The monoisotopic (exact) mass is 206 g/mol. The van der Waals surface area contributed by atoms with Gasteiger partial charge in [0, 0.05) is 6.04 Å². The van der Waals surface area contributed by atoms with E-state index in [0.29, 0.717) is 12.6 Å². The van der Waals surface area contributed by atoms with Crippen LogP contribution >= 0.6 is 12.4 Å². The Morgan fingerprint density at radius 2 is 2.38 bits per heavy atom. The average Bonchev–Trinajstić information content (AvgIpc) is 2.69. The Balaban J connectivity index is 0.000000845. The summed E-state index contributed by atoms with van der Waals surface area (Å²) in [7, 11) is 0. The fourth-order valence-corrected chi connectivity index (χ4v) is 1.74. The van der Waals surface area contributed by atoms with Crippen LogP contribution in [0.3, 0.4) is 0 Å². The Bertz CT molecular complexity index is 191. The number of halogens is 1. The van der Waals surface area contributed by atoms with Crippen molar-refractivity contribution in [2.45, 2.75) is 31.8 Å². The van der Waals surface area contributed by atoms with Crippen molar-refractivity contribution in [1.82, 2.24) is 10.8 Å². The van der Waals surface area contributed by atoms with Gasteiger partial charge in [-0.3, -0.25) is 9.63 Å². The molecule has 0 aromatic rings. The van der Waals surface area contributed by atoms with Crippen LogP contribution in [-0.4, -0.2) is 24.6 Å². The highest BCUT2D eigenvalue weighted by atomic mass is 35.5. The highest BCUT2D eigenvalue weighted by Crippen LogP contribution is 2.40. The van der Waals surface area contributed by atoms with Gasteiger partial charge in [0.25, 0.3) is 5.91 Å². The lowest BCUT2D eigenvalue weighted by Gasteiger charge is -2.11. The summed E-state index contributed by atoms with van der Waals surface area (Å²) in [4.78, 5) is 16.1. The third-order valence-electron chi connectivity index (χ3n) is 2.51. The van der Waals surface area contributed by atoms with E-state index in [9.17, 15) is 4.79 Å². The van der Waals surface area contributed by atoms with Crippen molar-refractivity contribution < 1.29 is 9.63 Å². The minimum Gasteiger partial charge on any atom is -0.303 e. The number of hydrogen-bond acceptors (Lipinski definition) is 3. The lowest BCUT2D eigenvalue weighted by Crippen LogP contribution is -2.42. The molecule has 0 aromatic heterocycles. The Kier molecular flexibility index (Phi) is 3.53.